The lowest BCUT2D eigenvalue weighted by molar-refractivity contribution is -0.120. The molecule has 0 aliphatic heterocycles. The molecule has 1 aromatic heterocycles. The van der Waals surface area contributed by atoms with Crippen LogP contribution in [-0.2, 0) is 11.2 Å². The second-order valence-corrected chi connectivity index (χ2v) is 6.41. The van der Waals surface area contributed by atoms with Gasteiger partial charge in [0, 0.05) is 25.8 Å². The number of tetrazole rings is 1. The van der Waals surface area contributed by atoms with Crippen LogP contribution in [0.2, 0.25) is 0 Å². The van der Waals surface area contributed by atoms with Gasteiger partial charge in [-0.05, 0) is 53.1 Å². The average Bonchev–Trinajstić information content (AvgIpc) is 3.23. The fourth-order valence-electron chi connectivity index (χ4n) is 2.81. The number of hydrogen-bond donors (Lipinski definition) is 1. The van der Waals surface area contributed by atoms with Crippen molar-refractivity contribution in [1.82, 2.24) is 25.5 Å². The van der Waals surface area contributed by atoms with E-state index < -0.39 is 0 Å². The van der Waals surface area contributed by atoms with E-state index in [2.05, 4.69) is 44.9 Å². The van der Waals surface area contributed by atoms with Crippen LogP contribution < -0.4 is 10.2 Å². The Hall–Kier alpha value is -3.22. The fraction of sp³-hybridized carbons (Fsp3) is 0.300. The van der Waals surface area contributed by atoms with Gasteiger partial charge in [0.2, 0.25) is 5.91 Å². The smallest absolute Gasteiger partial charge is 0.224 e. The zero-order valence-electron chi connectivity index (χ0n) is 15.5. The third kappa shape index (κ3) is 5.64. The largest absolute Gasteiger partial charge is 0.375 e. The van der Waals surface area contributed by atoms with Crippen LogP contribution in [0.1, 0.15) is 18.4 Å². The van der Waals surface area contributed by atoms with Crippen molar-refractivity contribution < 1.29 is 4.79 Å². The molecule has 0 spiro atoms. The van der Waals surface area contributed by atoms with E-state index in [1.807, 2.05) is 42.5 Å². The monoisotopic (exact) mass is 364 g/mol. The number of carbonyl (C=O) groups excluding carboxylic acids is 1. The average molecular weight is 364 g/mol. The number of nitrogens with one attached hydrogen (secondary N) is 1. The van der Waals surface area contributed by atoms with Crippen molar-refractivity contribution in [2.75, 3.05) is 25.0 Å². The number of carbonyl (C=O) groups is 1. The van der Waals surface area contributed by atoms with Crippen LogP contribution in [0, 0.1) is 0 Å². The van der Waals surface area contributed by atoms with Crippen molar-refractivity contribution in [1.29, 1.82) is 0 Å². The molecule has 27 heavy (non-hydrogen) atoms. The first kappa shape index (κ1) is 18.6. The standard InChI is InChI=1S/C20H24N6O/c1-25(18-7-3-2-4-8-18)14-6-5-13-21-20(27)15-17-9-11-19(12-10-17)26-16-22-23-24-26/h2-4,7-12,16H,5-6,13-15H2,1H3,(H,21,27). The van der Waals surface area contributed by atoms with Crippen LogP contribution in [-0.4, -0.2) is 46.3 Å². The molecule has 0 saturated heterocycles. The molecule has 0 aliphatic carbocycles. The van der Waals surface area contributed by atoms with Gasteiger partial charge in [-0.25, -0.2) is 4.68 Å². The van der Waals surface area contributed by atoms with Crippen molar-refractivity contribution in [3.8, 4) is 5.69 Å². The normalized spacial score (nSPS) is 10.6. The lowest BCUT2D eigenvalue weighted by atomic mass is 10.1. The highest BCUT2D eigenvalue weighted by Crippen LogP contribution is 2.11. The topological polar surface area (TPSA) is 75.9 Å². The van der Waals surface area contributed by atoms with Crippen LogP contribution >= 0.6 is 0 Å². The van der Waals surface area contributed by atoms with Crippen LogP contribution in [0.3, 0.4) is 0 Å². The summed E-state index contributed by atoms with van der Waals surface area (Å²) in [6.45, 7) is 1.67. The van der Waals surface area contributed by atoms with Crippen molar-refractivity contribution >= 4 is 11.6 Å². The van der Waals surface area contributed by atoms with E-state index in [-0.39, 0.29) is 5.91 Å². The zero-order chi connectivity index (χ0) is 18.9. The van der Waals surface area contributed by atoms with Gasteiger partial charge in [-0.3, -0.25) is 4.79 Å². The van der Waals surface area contributed by atoms with Crippen molar-refractivity contribution in [2.24, 2.45) is 0 Å². The van der Waals surface area contributed by atoms with E-state index in [4.69, 9.17) is 0 Å². The van der Waals surface area contributed by atoms with Crippen molar-refractivity contribution in [2.45, 2.75) is 19.3 Å². The Bertz CT molecular complexity index is 817. The van der Waals surface area contributed by atoms with E-state index in [1.165, 1.54) is 12.0 Å². The van der Waals surface area contributed by atoms with E-state index >= 15 is 0 Å². The summed E-state index contributed by atoms with van der Waals surface area (Å²) >= 11 is 0. The van der Waals surface area contributed by atoms with E-state index in [9.17, 15) is 4.79 Å². The molecule has 140 valence electrons. The minimum atomic E-state index is 0.0431. The number of para-hydroxylation sites is 1. The molecule has 0 radical (unpaired) electrons. The van der Waals surface area contributed by atoms with Gasteiger partial charge < -0.3 is 10.2 Å². The van der Waals surface area contributed by atoms with E-state index in [0.29, 0.717) is 13.0 Å². The molecule has 0 saturated carbocycles. The third-order valence-electron chi connectivity index (χ3n) is 4.35. The lowest BCUT2D eigenvalue weighted by Crippen LogP contribution is -2.27. The first-order valence-electron chi connectivity index (χ1n) is 9.07. The van der Waals surface area contributed by atoms with Crippen LogP contribution in [0.4, 0.5) is 5.69 Å². The van der Waals surface area contributed by atoms with Crippen molar-refractivity contribution in [3.05, 3.63) is 66.5 Å². The Morgan fingerprint density at radius 2 is 1.85 bits per heavy atom. The van der Waals surface area contributed by atoms with Gasteiger partial charge in [0.25, 0.3) is 0 Å². The predicted octanol–water partition coefficient (Wildman–Crippen LogP) is 2.24. The molecule has 7 heteroatoms. The maximum atomic E-state index is 12.1. The molecule has 0 unspecified atom stereocenters. The molecule has 0 atom stereocenters. The van der Waals surface area contributed by atoms with E-state index in [1.54, 1.807) is 4.68 Å². The molecule has 2 aromatic carbocycles. The number of rotatable bonds is 9. The molecular formula is C20H24N6O. The summed E-state index contributed by atoms with van der Waals surface area (Å²) in [5.41, 5.74) is 3.05. The second kappa shape index (κ2) is 9.47. The minimum absolute atomic E-state index is 0.0431. The quantitative estimate of drug-likeness (QED) is 0.589. The Morgan fingerprint density at radius 1 is 1.07 bits per heavy atom. The number of amides is 1. The minimum Gasteiger partial charge on any atom is -0.375 e. The summed E-state index contributed by atoms with van der Waals surface area (Å²) in [5, 5.41) is 14.1. The molecule has 1 amide bonds. The highest BCUT2D eigenvalue weighted by molar-refractivity contribution is 5.78. The predicted molar refractivity (Wildman–Crippen MR) is 105 cm³/mol. The van der Waals surface area contributed by atoms with Gasteiger partial charge in [0.1, 0.15) is 6.33 Å². The Morgan fingerprint density at radius 3 is 2.56 bits per heavy atom. The second-order valence-electron chi connectivity index (χ2n) is 6.41. The van der Waals surface area contributed by atoms with Gasteiger partial charge in [0.15, 0.2) is 0 Å². The number of hydrogen-bond acceptors (Lipinski definition) is 5. The molecule has 3 rings (SSSR count). The Balaban J connectivity index is 1.34. The zero-order valence-corrected chi connectivity index (χ0v) is 15.5. The van der Waals surface area contributed by atoms with Gasteiger partial charge >= 0.3 is 0 Å². The number of anilines is 1. The summed E-state index contributed by atoms with van der Waals surface area (Å²) in [5.74, 6) is 0.0431. The summed E-state index contributed by atoms with van der Waals surface area (Å²) < 4.78 is 1.58. The number of benzene rings is 2. The lowest BCUT2D eigenvalue weighted by Gasteiger charge is -2.19. The molecule has 0 bridgehead atoms. The molecule has 0 fully saturated rings. The fourth-order valence-corrected chi connectivity index (χ4v) is 2.81. The molecule has 1 heterocycles. The maximum absolute atomic E-state index is 12.1. The number of nitrogens with zero attached hydrogens (tertiary/aromatic N) is 5. The summed E-state index contributed by atoms with van der Waals surface area (Å²) in [7, 11) is 2.09. The first-order chi connectivity index (χ1) is 13.2. The molecule has 0 aliphatic rings. The molecule has 3 aromatic rings. The Kier molecular flexibility index (Phi) is 6.51. The number of aromatic nitrogens is 4. The Labute approximate surface area is 159 Å². The highest BCUT2D eigenvalue weighted by atomic mass is 16.1. The van der Waals surface area contributed by atoms with E-state index in [0.717, 1.165) is 30.6 Å². The van der Waals surface area contributed by atoms with Crippen LogP contribution in [0.25, 0.3) is 5.69 Å². The first-order valence-corrected chi connectivity index (χ1v) is 9.07. The van der Waals surface area contributed by atoms with Crippen LogP contribution in [0.5, 0.6) is 0 Å². The molecule has 7 nitrogen and oxygen atoms in total. The van der Waals surface area contributed by atoms with Gasteiger partial charge in [-0.1, -0.05) is 30.3 Å². The summed E-state index contributed by atoms with van der Waals surface area (Å²) in [6.07, 6.45) is 3.91. The number of unbranched alkanes of at least 4 members (excludes halogenated alkanes) is 1. The summed E-state index contributed by atoms with van der Waals surface area (Å²) in [6, 6.07) is 18.0. The van der Waals surface area contributed by atoms with Gasteiger partial charge in [-0.15, -0.1) is 5.10 Å². The maximum Gasteiger partial charge on any atom is 0.224 e. The molecule has 1 N–H and O–H groups in total. The van der Waals surface area contributed by atoms with Gasteiger partial charge in [-0.2, -0.15) is 0 Å². The SMILES string of the molecule is CN(CCCCNC(=O)Cc1ccc(-n2cnnn2)cc1)c1ccccc1. The van der Waals surface area contributed by atoms with Crippen molar-refractivity contribution in [3.63, 3.8) is 0 Å². The van der Waals surface area contributed by atoms with Crippen LogP contribution in [0.15, 0.2) is 60.9 Å². The molecular weight excluding hydrogens is 340 g/mol. The van der Waals surface area contributed by atoms with Gasteiger partial charge in [0.05, 0.1) is 12.1 Å². The third-order valence-corrected chi connectivity index (χ3v) is 4.35. The highest BCUT2D eigenvalue weighted by Gasteiger charge is 2.05. The summed E-state index contributed by atoms with van der Waals surface area (Å²) in [4.78, 5) is 14.3.